The van der Waals surface area contributed by atoms with Crippen molar-refractivity contribution >= 4 is 11.6 Å². The highest BCUT2D eigenvalue weighted by Crippen LogP contribution is 2.28. The molecule has 0 N–H and O–H groups in total. The smallest absolute Gasteiger partial charge is 0.274 e. The number of carbonyl (C=O) groups excluding carboxylic acids is 1. The Balaban J connectivity index is 1.61. The molecule has 0 bridgehead atoms. The van der Waals surface area contributed by atoms with Crippen LogP contribution in [0, 0.1) is 6.92 Å². The van der Waals surface area contributed by atoms with Crippen LogP contribution in [0.2, 0.25) is 0 Å². The van der Waals surface area contributed by atoms with Gasteiger partial charge in [0.1, 0.15) is 22.8 Å². The minimum Gasteiger partial charge on any atom is -0.445 e. The van der Waals surface area contributed by atoms with Crippen LogP contribution >= 0.6 is 0 Å². The van der Waals surface area contributed by atoms with E-state index in [9.17, 15) is 4.79 Å². The van der Waals surface area contributed by atoms with Crippen LogP contribution in [-0.2, 0) is 18.4 Å². The predicted molar refractivity (Wildman–Crippen MR) is 93.6 cm³/mol. The molecule has 3 aromatic rings. The maximum atomic E-state index is 12.9. The molecule has 0 saturated heterocycles. The Bertz CT molecular complexity index is 962. The third kappa shape index (κ3) is 2.71. The minimum absolute atomic E-state index is 0.0611. The van der Waals surface area contributed by atoms with Crippen LogP contribution in [0.1, 0.15) is 54.2 Å². The summed E-state index contributed by atoms with van der Waals surface area (Å²) in [4.78, 5) is 23.8. The molecule has 0 radical (unpaired) electrons. The van der Waals surface area contributed by atoms with Crippen molar-refractivity contribution in [2.45, 2.75) is 46.1 Å². The maximum absolute atomic E-state index is 12.9. The van der Waals surface area contributed by atoms with Gasteiger partial charge < -0.3 is 13.7 Å². The van der Waals surface area contributed by atoms with Crippen LogP contribution in [0.3, 0.4) is 0 Å². The standard InChI is InChI=1S/C19H22N4O2/c1-12-6-5-8-22-11-14(20-16(12)22)17(24)23-9-7-15-13(10-23)21-18(25-15)19(2,3)4/h5-6,8,11H,7,9-10H2,1-4H3. The molecule has 1 aliphatic rings. The molecule has 0 atom stereocenters. The third-order valence-corrected chi connectivity index (χ3v) is 4.55. The summed E-state index contributed by atoms with van der Waals surface area (Å²) >= 11 is 0. The average Bonchev–Trinajstić information content (AvgIpc) is 3.17. The summed E-state index contributed by atoms with van der Waals surface area (Å²) in [7, 11) is 0. The molecule has 0 saturated carbocycles. The van der Waals surface area contributed by atoms with Gasteiger partial charge in [0, 0.05) is 30.8 Å². The molecule has 0 aliphatic carbocycles. The number of oxazole rings is 1. The van der Waals surface area contributed by atoms with E-state index in [1.54, 1.807) is 11.1 Å². The first-order chi connectivity index (χ1) is 11.8. The summed E-state index contributed by atoms with van der Waals surface area (Å²) in [5, 5.41) is 0. The van der Waals surface area contributed by atoms with E-state index >= 15 is 0 Å². The van der Waals surface area contributed by atoms with Crippen molar-refractivity contribution in [3.8, 4) is 0 Å². The molecule has 0 unspecified atom stereocenters. The third-order valence-electron chi connectivity index (χ3n) is 4.55. The fraction of sp³-hybridized carbons (Fsp3) is 0.421. The molecular weight excluding hydrogens is 316 g/mol. The number of fused-ring (bicyclic) bond motifs is 2. The molecule has 0 aromatic carbocycles. The number of imidazole rings is 1. The SMILES string of the molecule is Cc1cccn2cc(C(=O)N3CCc4oc(C(C)(C)C)nc4C3)nc12. The van der Waals surface area contributed by atoms with Gasteiger partial charge in [0.15, 0.2) is 5.89 Å². The Hall–Kier alpha value is -2.63. The topological polar surface area (TPSA) is 63.6 Å². The largest absolute Gasteiger partial charge is 0.445 e. The van der Waals surface area contributed by atoms with Crippen LogP contribution in [0.4, 0.5) is 0 Å². The summed E-state index contributed by atoms with van der Waals surface area (Å²) in [6, 6.07) is 3.95. The number of pyridine rings is 1. The van der Waals surface area contributed by atoms with E-state index in [0.29, 0.717) is 25.2 Å². The zero-order chi connectivity index (χ0) is 17.8. The highest BCUT2D eigenvalue weighted by molar-refractivity contribution is 5.93. The van der Waals surface area contributed by atoms with Crippen LogP contribution in [0.25, 0.3) is 5.65 Å². The van der Waals surface area contributed by atoms with Gasteiger partial charge in [-0.15, -0.1) is 0 Å². The summed E-state index contributed by atoms with van der Waals surface area (Å²) in [6.45, 7) is 9.32. The molecular formula is C19H22N4O2. The quantitative estimate of drug-likeness (QED) is 0.684. The van der Waals surface area contributed by atoms with E-state index < -0.39 is 0 Å². The Labute approximate surface area is 146 Å². The molecule has 3 aromatic heterocycles. The summed E-state index contributed by atoms with van der Waals surface area (Å²) in [5.41, 5.74) is 3.07. The first kappa shape index (κ1) is 15.9. The van der Waals surface area contributed by atoms with E-state index in [0.717, 1.165) is 28.6 Å². The molecule has 130 valence electrons. The number of carbonyl (C=O) groups is 1. The molecule has 4 heterocycles. The number of amides is 1. The van der Waals surface area contributed by atoms with Crippen LogP contribution in [0.15, 0.2) is 28.9 Å². The predicted octanol–water partition coefficient (Wildman–Crippen LogP) is 3.13. The van der Waals surface area contributed by atoms with E-state index in [1.807, 2.05) is 29.7 Å². The second-order valence-electron chi connectivity index (χ2n) is 7.66. The monoisotopic (exact) mass is 338 g/mol. The Morgan fingerprint density at radius 3 is 2.80 bits per heavy atom. The fourth-order valence-electron chi connectivity index (χ4n) is 3.11. The number of nitrogens with zero attached hydrogens (tertiary/aromatic N) is 4. The van der Waals surface area contributed by atoms with Gasteiger partial charge in [0.2, 0.25) is 0 Å². The van der Waals surface area contributed by atoms with Gasteiger partial charge in [0.05, 0.1) is 6.54 Å². The van der Waals surface area contributed by atoms with E-state index in [1.165, 1.54) is 0 Å². The number of aryl methyl sites for hydroxylation is 1. The zero-order valence-corrected chi connectivity index (χ0v) is 15.0. The van der Waals surface area contributed by atoms with Crippen LogP contribution in [-0.4, -0.2) is 31.7 Å². The summed E-state index contributed by atoms with van der Waals surface area (Å²) < 4.78 is 7.79. The van der Waals surface area contributed by atoms with E-state index in [4.69, 9.17) is 4.42 Å². The van der Waals surface area contributed by atoms with Gasteiger partial charge in [-0.3, -0.25) is 4.79 Å². The zero-order valence-electron chi connectivity index (χ0n) is 15.0. The van der Waals surface area contributed by atoms with Crippen molar-refractivity contribution < 1.29 is 9.21 Å². The van der Waals surface area contributed by atoms with Crippen molar-refractivity contribution in [3.05, 3.63) is 53.1 Å². The first-order valence-electron chi connectivity index (χ1n) is 8.55. The molecule has 0 fully saturated rings. The number of hydrogen-bond acceptors (Lipinski definition) is 4. The molecule has 6 nitrogen and oxygen atoms in total. The summed E-state index contributed by atoms with van der Waals surface area (Å²) in [5.74, 6) is 1.57. The van der Waals surface area contributed by atoms with Gasteiger partial charge >= 0.3 is 0 Å². The Kier molecular flexibility index (Phi) is 3.45. The highest BCUT2D eigenvalue weighted by atomic mass is 16.4. The highest BCUT2D eigenvalue weighted by Gasteiger charge is 2.30. The normalized spacial score (nSPS) is 14.8. The van der Waals surface area contributed by atoms with Gasteiger partial charge in [-0.2, -0.15) is 0 Å². The lowest BCUT2D eigenvalue weighted by atomic mass is 9.97. The first-order valence-corrected chi connectivity index (χ1v) is 8.55. The fourth-order valence-corrected chi connectivity index (χ4v) is 3.11. The second kappa shape index (κ2) is 5.44. The van der Waals surface area contributed by atoms with Crippen molar-refractivity contribution in [3.63, 3.8) is 0 Å². The molecule has 1 aliphatic heterocycles. The molecule has 1 amide bonds. The van der Waals surface area contributed by atoms with Crippen molar-refractivity contribution in [2.24, 2.45) is 0 Å². The van der Waals surface area contributed by atoms with Gasteiger partial charge in [-0.1, -0.05) is 26.8 Å². The van der Waals surface area contributed by atoms with Gasteiger partial charge in [0.25, 0.3) is 5.91 Å². The molecule has 0 spiro atoms. The second-order valence-corrected chi connectivity index (χ2v) is 7.66. The minimum atomic E-state index is -0.134. The number of rotatable bonds is 1. The van der Waals surface area contributed by atoms with Crippen LogP contribution < -0.4 is 0 Å². The lowest BCUT2D eigenvalue weighted by molar-refractivity contribution is 0.0722. The lowest BCUT2D eigenvalue weighted by Crippen LogP contribution is -2.36. The van der Waals surface area contributed by atoms with E-state index in [-0.39, 0.29) is 11.3 Å². The van der Waals surface area contributed by atoms with Gasteiger partial charge in [-0.05, 0) is 18.6 Å². The maximum Gasteiger partial charge on any atom is 0.274 e. The number of hydrogen-bond donors (Lipinski definition) is 0. The van der Waals surface area contributed by atoms with Crippen LogP contribution in [0.5, 0.6) is 0 Å². The number of aromatic nitrogens is 3. The molecule has 6 heteroatoms. The molecule has 25 heavy (non-hydrogen) atoms. The van der Waals surface area contributed by atoms with Crippen molar-refractivity contribution in [1.82, 2.24) is 19.3 Å². The average molecular weight is 338 g/mol. The van der Waals surface area contributed by atoms with Crippen molar-refractivity contribution in [1.29, 1.82) is 0 Å². The lowest BCUT2D eigenvalue weighted by Gasteiger charge is -2.24. The molecule has 4 rings (SSSR count). The summed E-state index contributed by atoms with van der Waals surface area (Å²) in [6.07, 6.45) is 4.40. The van der Waals surface area contributed by atoms with Crippen molar-refractivity contribution in [2.75, 3.05) is 6.54 Å². The van der Waals surface area contributed by atoms with E-state index in [2.05, 4.69) is 30.7 Å². The Morgan fingerprint density at radius 2 is 2.08 bits per heavy atom. The van der Waals surface area contributed by atoms with Gasteiger partial charge in [-0.25, -0.2) is 9.97 Å². The Morgan fingerprint density at radius 1 is 1.28 bits per heavy atom.